The van der Waals surface area contributed by atoms with Crippen molar-refractivity contribution in [3.63, 3.8) is 0 Å². The van der Waals surface area contributed by atoms with Crippen molar-refractivity contribution in [2.75, 3.05) is 0 Å². The van der Waals surface area contributed by atoms with Gasteiger partial charge in [0.2, 0.25) is 0 Å². The third kappa shape index (κ3) is 475. The Hall–Kier alpha value is 1.13. The average Bonchev–Trinajstić information content (AvgIpc) is 1.19. The first kappa shape index (κ1) is 17.3. The van der Waals surface area contributed by atoms with Gasteiger partial charge in [0.05, 0.1) is 0 Å². The van der Waals surface area contributed by atoms with E-state index < -0.39 is 20.4 Å². The van der Waals surface area contributed by atoms with Crippen LogP contribution in [-0.2, 0) is 11.4 Å². The molecule has 0 unspecified atom stereocenters. The van der Waals surface area contributed by atoms with Gasteiger partial charge in [-0.15, -0.1) is 0 Å². The van der Waals surface area contributed by atoms with Crippen molar-refractivity contribution in [2.24, 2.45) is 0 Å². The second-order valence-electron chi connectivity index (χ2n) is 0.831. The predicted octanol–water partition coefficient (Wildman–Crippen LogP) is -5.81. The first-order valence-corrected chi connectivity index (χ1v) is 4.28. The zero-order valence-corrected chi connectivity index (χ0v) is 8.82. The van der Waals surface area contributed by atoms with Crippen LogP contribution in [0.3, 0.4) is 0 Å². The van der Waals surface area contributed by atoms with Gasteiger partial charge in [-0.05, 0) is 0 Å². The molecule has 10 heavy (non-hydrogen) atoms. The molecule has 0 radical (unpaired) electrons. The van der Waals surface area contributed by atoms with Gasteiger partial charge in [-0.2, -0.15) is 4.21 Å². The summed E-state index contributed by atoms with van der Waals surface area (Å²) >= 11 is -2.61. The minimum Gasteiger partial charge on any atom is -1.00 e. The van der Waals surface area contributed by atoms with Crippen LogP contribution in [0.2, 0.25) is 0 Å². The van der Waals surface area contributed by atoms with Crippen molar-refractivity contribution in [1.82, 2.24) is 0 Å². The quantitative estimate of drug-likeness (QED) is 0.170. The van der Waals surface area contributed by atoms with Crippen LogP contribution in [0.1, 0.15) is 1.43 Å². The van der Waals surface area contributed by atoms with Crippen molar-refractivity contribution in [3.8, 4) is 0 Å². The molecule has 0 saturated carbocycles. The van der Waals surface area contributed by atoms with E-state index in [1.807, 2.05) is 0 Å². The molecule has 0 aromatic rings. The predicted molar refractivity (Wildman–Crippen MR) is 29.1 cm³/mol. The van der Waals surface area contributed by atoms with E-state index in [1.165, 1.54) is 0 Å². The van der Waals surface area contributed by atoms with E-state index in [2.05, 4.69) is 0 Å². The van der Waals surface area contributed by atoms with E-state index in [4.69, 9.17) is 32.5 Å². The molecule has 0 bridgehead atoms. The van der Waals surface area contributed by atoms with Gasteiger partial charge in [-0.25, -0.2) is 0 Å². The minimum absolute atomic E-state index is 0. The molecule has 7 nitrogen and oxygen atoms in total. The van der Waals surface area contributed by atoms with Crippen LogP contribution in [0, 0.1) is 0 Å². The third-order valence-electron chi connectivity index (χ3n) is 0. The first-order chi connectivity index (χ1) is 3.73. The molecular weight excluding hydrogens is 195 g/mol. The molecular formula is H7NaO7SSi. The molecule has 10 heteroatoms. The van der Waals surface area contributed by atoms with E-state index in [0.29, 0.717) is 0 Å². The maximum absolute atomic E-state index is 8.67. The molecule has 0 spiro atoms. The maximum Gasteiger partial charge on any atom is 1.00 e. The molecule has 0 heterocycles. The monoisotopic (exact) mass is 202 g/mol. The molecule has 0 aromatic carbocycles. The molecule has 60 valence electrons. The van der Waals surface area contributed by atoms with Crippen molar-refractivity contribution in [3.05, 3.63) is 0 Å². The Bertz CT molecular complexity index is 80.9. The fourth-order valence-corrected chi connectivity index (χ4v) is 0. The Morgan fingerprint density at radius 3 is 1.10 bits per heavy atom. The van der Waals surface area contributed by atoms with Crippen molar-refractivity contribution >= 4 is 20.4 Å². The Labute approximate surface area is 83.7 Å². The number of rotatable bonds is 0. The zero-order chi connectivity index (χ0) is 8.08. The van der Waals surface area contributed by atoms with Crippen LogP contribution in [0.25, 0.3) is 0 Å². The van der Waals surface area contributed by atoms with Crippen LogP contribution < -0.4 is 29.6 Å². The maximum atomic E-state index is 8.67. The smallest absolute Gasteiger partial charge is 1.00 e. The molecule has 0 aliphatic carbocycles. The van der Waals surface area contributed by atoms with Gasteiger partial charge >= 0.3 is 38.6 Å². The molecule has 0 fully saturated rings. The zero-order valence-electron chi connectivity index (χ0n) is 6.00. The molecule has 6 N–H and O–H groups in total. The fraction of sp³-hybridized carbons (Fsp3) is 0. The summed E-state index contributed by atoms with van der Waals surface area (Å²) in [6.07, 6.45) is 0. The summed E-state index contributed by atoms with van der Waals surface area (Å²) in [5.41, 5.74) is 0. The Kier molecular flexibility index (Phi) is 14.2. The van der Waals surface area contributed by atoms with Gasteiger partial charge in [-0.3, -0.25) is 9.11 Å². The Balaban J connectivity index is -0.0000000383. The van der Waals surface area contributed by atoms with Crippen LogP contribution in [0.5, 0.6) is 0 Å². The molecule has 0 rings (SSSR count). The van der Waals surface area contributed by atoms with E-state index in [9.17, 15) is 0 Å². The van der Waals surface area contributed by atoms with Gasteiger partial charge in [0, 0.05) is 0 Å². The molecule has 0 aliphatic heterocycles. The molecule has 0 atom stereocenters. The van der Waals surface area contributed by atoms with Crippen molar-refractivity contribution in [2.45, 2.75) is 0 Å². The topological polar surface area (TPSA) is 138 Å². The normalized spacial score (nSPS) is 9.50. The molecule has 0 aliphatic rings. The summed E-state index contributed by atoms with van der Waals surface area (Å²) in [4.78, 5) is 29.3. The largest absolute Gasteiger partial charge is 1.00 e. The SMILES string of the molecule is O=S(O)O.O[Si](O)(O)O.[H-].[Na+]. The summed E-state index contributed by atoms with van der Waals surface area (Å²) in [6.45, 7) is 0. The number of hydrogen-bond donors (Lipinski definition) is 6. The van der Waals surface area contributed by atoms with E-state index in [1.54, 1.807) is 0 Å². The van der Waals surface area contributed by atoms with Crippen LogP contribution in [0.15, 0.2) is 0 Å². The fourth-order valence-electron chi connectivity index (χ4n) is 0. The van der Waals surface area contributed by atoms with E-state index >= 15 is 0 Å². The van der Waals surface area contributed by atoms with Crippen molar-refractivity contribution < 1.29 is 63.5 Å². The summed E-state index contributed by atoms with van der Waals surface area (Å²) < 4.78 is 22.8. The summed E-state index contributed by atoms with van der Waals surface area (Å²) in [6, 6.07) is 0. The summed E-state index contributed by atoms with van der Waals surface area (Å²) in [7, 11) is -4.61. The second kappa shape index (κ2) is 8.23. The van der Waals surface area contributed by atoms with Gasteiger partial charge in [0.1, 0.15) is 0 Å². The molecule has 0 aromatic heterocycles. The van der Waals surface area contributed by atoms with Gasteiger partial charge < -0.3 is 20.6 Å². The standard InChI is InChI=1S/Na.H4O4Si.H2O3S.H/c;1-5(2,3)4;1-4(2)3;/h;1-4H;(H2,1,2,3);/q+1;;;-1. The average molecular weight is 202 g/mol. The van der Waals surface area contributed by atoms with Crippen molar-refractivity contribution in [1.29, 1.82) is 0 Å². The van der Waals surface area contributed by atoms with Gasteiger partial charge in [0.15, 0.2) is 0 Å². The number of hydrogen-bond acceptors (Lipinski definition) is 5. The molecule has 0 saturated heterocycles. The van der Waals surface area contributed by atoms with E-state index in [-0.39, 0.29) is 31.0 Å². The van der Waals surface area contributed by atoms with E-state index in [0.717, 1.165) is 0 Å². The Morgan fingerprint density at radius 2 is 1.10 bits per heavy atom. The third-order valence-corrected chi connectivity index (χ3v) is 0. The first-order valence-electron chi connectivity index (χ1n) is 1.43. The van der Waals surface area contributed by atoms with Crippen LogP contribution in [-0.4, -0.2) is 41.5 Å². The summed E-state index contributed by atoms with van der Waals surface area (Å²) in [5, 5.41) is 0. The molecule has 0 amide bonds. The Morgan fingerprint density at radius 1 is 1.10 bits per heavy atom. The van der Waals surface area contributed by atoms with Gasteiger partial charge in [0.25, 0.3) is 11.4 Å². The minimum atomic E-state index is -4.61. The van der Waals surface area contributed by atoms with Crippen LogP contribution in [0.4, 0.5) is 0 Å². The van der Waals surface area contributed by atoms with Gasteiger partial charge in [-0.1, -0.05) is 0 Å². The second-order valence-corrected chi connectivity index (χ2v) is 2.49. The summed E-state index contributed by atoms with van der Waals surface area (Å²) in [5.74, 6) is 0. The van der Waals surface area contributed by atoms with Crippen LogP contribution >= 0.6 is 0 Å².